The smallest absolute Gasteiger partial charge is 0.314 e. The zero-order valence-electron chi connectivity index (χ0n) is 18.0. The number of hydrogen-bond acceptors (Lipinski definition) is 6. The Bertz CT molecular complexity index is 1300. The van der Waals surface area contributed by atoms with Crippen LogP contribution in [0.3, 0.4) is 0 Å². The Labute approximate surface area is 187 Å². The summed E-state index contributed by atoms with van der Waals surface area (Å²) in [4.78, 5) is 2.40. The fourth-order valence-electron chi connectivity index (χ4n) is 3.88. The maximum absolute atomic E-state index is 14.7. The summed E-state index contributed by atoms with van der Waals surface area (Å²) in [7, 11) is 0. The second kappa shape index (κ2) is 8.43. The van der Waals surface area contributed by atoms with E-state index in [0.717, 1.165) is 18.7 Å². The molecule has 0 spiro atoms. The third kappa shape index (κ3) is 4.25. The molecule has 0 fully saturated rings. The molecule has 170 valence electrons. The summed E-state index contributed by atoms with van der Waals surface area (Å²) in [6.07, 6.45) is -1.10. The van der Waals surface area contributed by atoms with Gasteiger partial charge in [0.25, 0.3) is 5.89 Å². The van der Waals surface area contributed by atoms with Gasteiger partial charge in [0.1, 0.15) is 11.5 Å². The third-order valence-corrected chi connectivity index (χ3v) is 5.78. The summed E-state index contributed by atoms with van der Waals surface area (Å²) >= 11 is 0. The highest BCUT2D eigenvalue weighted by molar-refractivity contribution is 5.60. The number of halogens is 3. The lowest BCUT2D eigenvalue weighted by Gasteiger charge is -2.18. The highest BCUT2D eigenvalue weighted by Crippen LogP contribution is 2.29. The molecule has 5 rings (SSSR count). The minimum Gasteiger partial charge on any atom is -0.415 e. The predicted octanol–water partition coefficient (Wildman–Crippen LogP) is 4.84. The van der Waals surface area contributed by atoms with Crippen molar-refractivity contribution in [2.45, 2.75) is 45.9 Å². The van der Waals surface area contributed by atoms with Gasteiger partial charge in [-0.3, -0.25) is 4.90 Å². The Kier molecular flexibility index (Phi) is 5.45. The highest BCUT2D eigenvalue weighted by atomic mass is 19.3. The molecule has 0 amide bonds. The van der Waals surface area contributed by atoms with Gasteiger partial charge >= 0.3 is 6.43 Å². The molecule has 7 nitrogen and oxygen atoms in total. The molecule has 1 aliphatic rings. The SMILES string of the molecule is CC(C)N1Cc2ccc(-c3cn(Cc4ccc(-c5nnc(C(F)F)o5)cc4F)nn3)cc2C1. The lowest BCUT2D eigenvalue weighted by atomic mass is 10.0. The van der Waals surface area contributed by atoms with Crippen LogP contribution in [0.2, 0.25) is 0 Å². The van der Waals surface area contributed by atoms with Crippen LogP contribution in [0.1, 0.15) is 42.9 Å². The van der Waals surface area contributed by atoms with E-state index in [9.17, 15) is 13.2 Å². The van der Waals surface area contributed by atoms with Crippen LogP contribution in [-0.2, 0) is 19.6 Å². The maximum Gasteiger partial charge on any atom is 0.314 e. The van der Waals surface area contributed by atoms with Gasteiger partial charge in [0, 0.05) is 35.8 Å². The van der Waals surface area contributed by atoms with Crippen LogP contribution < -0.4 is 0 Å². The molecule has 4 aromatic rings. The van der Waals surface area contributed by atoms with Crippen molar-refractivity contribution in [3.05, 3.63) is 71.0 Å². The zero-order valence-corrected chi connectivity index (χ0v) is 18.0. The molecule has 0 aliphatic carbocycles. The topological polar surface area (TPSA) is 72.9 Å². The standard InChI is InChI=1S/C23H21F3N6O/c1-13(2)31-9-16-5-3-14(7-18(16)10-31)20-12-32(30-27-20)11-17-6-4-15(8-19(17)24)22-28-29-23(33-22)21(25)26/h3-8,12-13,21H,9-11H2,1-2H3. The summed E-state index contributed by atoms with van der Waals surface area (Å²) in [5.41, 5.74) is 4.88. The molecule has 0 saturated carbocycles. The van der Waals surface area contributed by atoms with Crippen LogP contribution in [0.5, 0.6) is 0 Å². The quantitative estimate of drug-likeness (QED) is 0.415. The van der Waals surface area contributed by atoms with Crippen molar-refractivity contribution < 1.29 is 17.6 Å². The predicted molar refractivity (Wildman–Crippen MR) is 114 cm³/mol. The molecular weight excluding hydrogens is 433 g/mol. The molecule has 1 aliphatic heterocycles. The van der Waals surface area contributed by atoms with E-state index < -0.39 is 18.1 Å². The summed E-state index contributed by atoms with van der Waals surface area (Å²) in [6.45, 7) is 6.39. The Balaban J connectivity index is 1.32. The summed E-state index contributed by atoms with van der Waals surface area (Å²) in [5.74, 6) is -1.49. The maximum atomic E-state index is 14.7. The van der Waals surface area contributed by atoms with Crippen LogP contribution in [0, 0.1) is 5.82 Å². The Morgan fingerprint density at radius 3 is 2.48 bits per heavy atom. The highest BCUT2D eigenvalue weighted by Gasteiger charge is 2.22. The zero-order chi connectivity index (χ0) is 23.1. The van der Waals surface area contributed by atoms with Gasteiger partial charge in [0.2, 0.25) is 5.89 Å². The molecule has 0 atom stereocenters. The molecule has 0 saturated heterocycles. The lowest BCUT2D eigenvalue weighted by molar-refractivity contribution is 0.116. The summed E-state index contributed by atoms with van der Waals surface area (Å²) in [5, 5.41) is 15.2. The minimum absolute atomic E-state index is 0.161. The number of aromatic nitrogens is 5. The Morgan fingerprint density at radius 2 is 1.76 bits per heavy atom. The lowest BCUT2D eigenvalue weighted by Crippen LogP contribution is -2.24. The van der Waals surface area contributed by atoms with Gasteiger partial charge in [-0.15, -0.1) is 15.3 Å². The molecule has 0 bridgehead atoms. The van der Waals surface area contributed by atoms with Gasteiger partial charge in [0.15, 0.2) is 0 Å². The van der Waals surface area contributed by atoms with Crippen molar-refractivity contribution >= 4 is 0 Å². The monoisotopic (exact) mass is 454 g/mol. The van der Waals surface area contributed by atoms with Crippen molar-refractivity contribution in [3.8, 4) is 22.7 Å². The second-order valence-corrected chi connectivity index (χ2v) is 8.34. The van der Waals surface area contributed by atoms with Gasteiger partial charge in [-0.1, -0.05) is 23.4 Å². The van der Waals surface area contributed by atoms with Crippen LogP contribution in [0.25, 0.3) is 22.7 Å². The normalized spacial score (nSPS) is 13.9. The number of nitrogens with zero attached hydrogens (tertiary/aromatic N) is 6. The summed E-state index contributed by atoms with van der Waals surface area (Å²) in [6, 6.07) is 11.0. The van der Waals surface area contributed by atoms with E-state index in [1.165, 1.54) is 23.3 Å². The first-order valence-corrected chi connectivity index (χ1v) is 10.5. The van der Waals surface area contributed by atoms with Crippen LogP contribution in [-0.4, -0.2) is 36.1 Å². The van der Waals surface area contributed by atoms with Crippen molar-refractivity contribution in [2.24, 2.45) is 0 Å². The first-order valence-electron chi connectivity index (χ1n) is 10.5. The average molecular weight is 454 g/mol. The van der Waals surface area contributed by atoms with E-state index in [1.54, 1.807) is 16.9 Å². The molecule has 0 unspecified atom stereocenters. The minimum atomic E-state index is -2.88. The van der Waals surface area contributed by atoms with Gasteiger partial charge in [-0.05, 0) is 43.2 Å². The van der Waals surface area contributed by atoms with E-state index in [2.05, 4.69) is 51.4 Å². The van der Waals surface area contributed by atoms with Gasteiger partial charge in [0.05, 0.1) is 12.7 Å². The third-order valence-electron chi connectivity index (χ3n) is 5.78. The van der Waals surface area contributed by atoms with E-state index in [4.69, 9.17) is 4.42 Å². The molecule has 3 heterocycles. The number of rotatable bonds is 6. The fourth-order valence-corrected chi connectivity index (χ4v) is 3.88. The first kappa shape index (κ1) is 21.3. The molecule has 0 N–H and O–H groups in total. The molecule has 2 aromatic heterocycles. The molecule has 33 heavy (non-hydrogen) atoms. The van der Waals surface area contributed by atoms with Crippen molar-refractivity contribution in [1.82, 2.24) is 30.1 Å². The van der Waals surface area contributed by atoms with E-state index in [0.29, 0.717) is 17.3 Å². The van der Waals surface area contributed by atoms with Crippen LogP contribution in [0.15, 0.2) is 47.0 Å². The van der Waals surface area contributed by atoms with Gasteiger partial charge in [-0.25, -0.2) is 9.07 Å². The number of alkyl halides is 2. The van der Waals surface area contributed by atoms with E-state index in [-0.39, 0.29) is 18.0 Å². The van der Waals surface area contributed by atoms with Crippen molar-refractivity contribution in [2.75, 3.05) is 0 Å². The Morgan fingerprint density at radius 1 is 0.970 bits per heavy atom. The van der Waals surface area contributed by atoms with E-state index >= 15 is 0 Å². The molecule has 2 aromatic carbocycles. The van der Waals surface area contributed by atoms with Gasteiger partial charge < -0.3 is 4.42 Å². The number of benzene rings is 2. The van der Waals surface area contributed by atoms with Crippen LogP contribution >= 0.6 is 0 Å². The van der Waals surface area contributed by atoms with Crippen molar-refractivity contribution in [1.29, 1.82) is 0 Å². The largest absolute Gasteiger partial charge is 0.415 e. The number of hydrogen-bond donors (Lipinski definition) is 0. The fraction of sp³-hybridized carbons (Fsp3) is 0.304. The van der Waals surface area contributed by atoms with Crippen molar-refractivity contribution in [3.63, 3.8) is 0 Å². The number of fused-ring (bicyclic) bond motifs is 1. The summed E-state index contributed by atoms with van der Waals surface area (Å²) < 4.78 is 46.4. The van der Waals surface area contributed by atoms with E-state index in [1.807, 2.05) is 6.07 Å². The first-order chi connectivity index (χ1) is 15.9. The second-order valence-electron chi connectivity index (χ2n) is 8.34. The molecule has 0 radical (unpaired) electrons. The van der Waals surface area contributed by atoms with Gasteiger partial charge in [-0.2, -0.15) is 8.78 Å². The Hall–Kier alpha value is -3.53. The van der Waals surface area contributed by atoms with Crippen LogP contribution in [0.4, 0.5) is 13.2 Å². The molecule has 10 heteroatoms. The molecular formula is C23H21F3N6O. The average Bonchev–Trinajstić information content (AvgIpc) is 3.54.